The predicted octanol–water partition coefficient (Wildman–Crippen LogP) is 3.26. The number of halogens is 2. The molecule has 1 N–H and O–H groups in total. The Morgan fingerprint density at radius 1 is 1.29 bits per heavy atom. The van der Waals surface area contributed by atoms with Crippen LogP contribution < -0.4 is 10.1 Å². The quantitative estimate of drug-likeness (QED) is 0.426. The number of benzene rings is 2. The average Bonchev–Trinajstić information content (AvgIpc) is 2.66. The predicted molar refractivity (Wildman–Crippen MR) is 97.8 cm³/mol. The molecule has 0 fully saturated rings. The number of esters is 1. The summed E-state index contributed by atoms with van der Waals surface area (Å²) in [5, 5.41) is 13.2. The van der Waals surface area contributed by atoms with Crippen molar-refractivity contribution in [2.24, 2.45) is 0 Å². The molecule has 0 radical (unpaired) electrons. The molecule has 28 heavy (non-hydrogen) atoms. The molecular formula is C18H16ClFN2O6. The molecule has 0 heterocycles. The van der Waals surface area contributed by atoms with Crippen molar-refractivity contribution >= 4 is 29.2 Å². The van der Waals surface area contributed by atoms with Crippen LogP contribution in [0.4, 0.5) is 10.1 Å². The van der Waals surface area contributed by atoms with Gasteiger partial charge in [-0.3, -0.25) is 14.9 Å². The van der Waals surface area contributed by atoms with Gasteiger partial charge in [-0.25, -0.2) is 9.18 Å². The lowest BCUT2D eigenvalue weighted by Crippen LogP contribution is -2.39. The number of hydrogen-bond acceptors (Lipinski definition) is 6. The lowest BCUT2D eigenvalue weighted by Gasteiger charge is -2.14. The molecule has 0 aliphatic heterocycles. The second-order valence-corrected chi connectivity index (χ2v) is 6.10. The van der Waals surface area contributed by atoms with E-state index in [4.69, 9.17) is 21.1 Å². The fraction of sp³-hybridized carbons (Fsp3) is 0.222. The molecule has 0 saturated carbocycles. The number of carbonyl (C=O) groups excluding carboxylic acids is 2. The molecule has 1 atom stereocenters. The molecule has 0 aliphatic carbocycles. The maximum Gasteiger partial charge on any atom is 0.328 e. The Balaban J connectivity index is 1.96. The van der Waals surface area contributed by atoms with E-state index in [9.17, 15) is 24.1 Å². The molecule has 2 aromatic carbocycles. The molecule has 1 amide bonds. The van der Waals surface area contributed by atoms with Gasteiger partial charge in [-0.2, -0.15) is 0 Å². The minimum atomic E-state index is -1.04. The molecule has 0 aromatic heterocycles. The molecule has 0 spiro atoms. The van der Waals surface area contributed by atoms with Crippen molar-refractivity contribution in [1.82, 2.24) is 5.32 Å². The van der Waals surface area contributed by atoms with Crippen LogP contribution in [0.15, 0.2) is 36.4 Å². The van der Waals surface area contributed by atoms with Gasteiger partial charge in [0.25, 0.3) is 11.6 Å². The van der Waals surface area contributed by atoms with Crippen LogP contribution in [0.5, 0.6) is 5.75 Å². The molecular weight excluding hydrogens is 395 g/mol. The number of ether oxygens (including phenoxy) is 2. The zero-order valence-corrected chi connectivity index (χ0v) is 15.7. The highest BCUT2D eigenvalue weighted by molar-refractivity contribution is 6.32. The fourth-order valence-corrected chi connectivity index (χ4v) is 2.40. The summed E-state index contributed by atoms with van der Waals surface area (Å²) in [6.07, 6.45) is 0. The number of carbonyl (C=O) groups is 2. The maximum absolute atomic E-state index is 13.6. The Kier molecular flexibility index (Phi) is 6.89. The first kappa shape index (κ1) is 21.1. The third-order valence-electron chi connectivity index (χ3n) is 3.70. The summed E-state index contributed by atoms with van der Waals surface area (Å²) in [6.45, 7) is 1.19. The number of nitro benzene ring substituents is 1. The summed E-state index contributed by atoms with van der Waals surface area (Å²) >= 11 is 5.70. The van der Waals surface area contributed by atoms with E-state index in [1.54, 1.807) is 0 Å². The van der Waals surface area contributed by atoms with Crippen LogP contribution in [0, 0.1) is 15.9 Å². The summed E-state index contributed by atoms with van der Waals surface area (Å²) in [6, 6.07) is 6.59. The molecule has 10 heteroatoms. The fourth-order valence-electron chi connectivity index (χ4n) is 2.21. The van der Waals surface area contributed by atoms with E-state index in [0.717, 1.165) is 6.07 Å². The number of methoxy groups -OCH3 is 1. The summed E-state index contributed by atoms with van der Waals surface area (Å²) in [4.78, 5) is 34.4. The van der Waals surface area contributed by atoms with Gasteiger partial charge >= 0.3 is 5.97 Å². The van der Waals surface area contributed by atoms with Gasteiger partial charge < -0.3 is 14.8 Å². The first-order valence-corrected chi connectivity index (χ1v) is 8.34. The van der Waals surface area contributed by atoms with E-state index < -0.39 is 34.3 Å². The van der Waals surface area contributed by atoms with Gasteiger partial charge in [0, 0.05) is 11.6 Å². The van der Waals surface area contributed by atoms with Crippen LogP contribution in [-0.4, -0.2) is 30.0 Å². The number of amides is 1. The van der Waals surface area contributed by atoms with Crippen LogP contribution in [0.3, 0.4) is 0 Å². The lowest BCUT2D eigenvalue weighted by molar-refractivity contribution is -0.384. The number of nitro groups is 1. The third-order valence-corrected chi connectivity index (χ3v) is 4.02. The summed E-state index contributed by atoms with van der Waals surface area (Å²) in [5.74, 6) is -2.00. The van der Waals surface area contributed by atoms with E-state index in [2.05, 4.69) is 5.32 Å². The molecule has 8 nitrogen and oxygen atoms in total. The smallest absolute Gasteiger partial charge is 0.328 e. The molecule has 0 bridgehead atoms. The Labute approximate surface area is 164 Å². The van der Waals surface area contributed by atoms with E-state index in [0.29, 0.717) is 5.56 Å². The highest BCUT2D eigenvalue weighted by Crippen LogP contribution is 2.25. The Hall–Kier alpha value is -3.20. The van der Waals surface area contributed by atoms with Gasteiger partial charge in [-0.05, 0) is 36.8 Å². The molecule has 0 unspecified atom stereocenters. The van der Waals surface area contributed by atoms with Crippen molar-refractivity contribution in [3.05, 3.63) is 68.5 Å². The van der Waals surface area contributed by atoms with E-state index in [1.807, 2.05) is 0 Å². The number of hydrogen-bond donors (Lipinski definition) is 1. The van der Waals surface area contributed by atoms with Crippen molar-refractivity contribution in [2.45, 2.75) is 19.6 Å². The summed E-state index contributed by atoms with van der Waals surface area (Å²) < 4.78 is 23.5. The van der Waals surface area contributed by atoms with Crippen molar-refractivity contribution in [2.75, 3.05) is 7.11 Å². The molecule has 148 valence electrons. The zero-order valence-electron chi connectivity index (χ0n) is 14.9. The normalized spacial score (nSPS) is 11.4. The first-order valence-electron chi connectivity index (χ1n) is 7.96. The topological polar surface area (TPSA) is 108 Å². The van der Waals surface area contributed by atoms with Gasteiger partial charge in [-0.1, -0.05) is 17.7 Å². The molecule has 2 rings (SSSR count). The first-order chi connectivity index (χ1) is 13.2. The number of rotatable bonds is 7. The van der Waals surface area contributed by atoms with Crippen LogP contribution in [-0.2, 0) is 16.1 Å². The second kappa shape index (κ2) is 9.14. The monoisotopic (exact) mass is 410 g/mol. The van der Waals surface area contributed by atoms with Crippen molar-refractivity contribution in [3.8, 4) is 5.75 Å². The summed E-state index contributed by atoms with van der Waals surface area (Å²) in [5.41, 5.74) is -0.0578. The third kappa shape index (κ3) is 5.17. The standard InChI is InChI=1S/C18H16ClFN2O6/c1-10(18(24)28-9-11-3-6-16(27-2)14(20)7-11)21-17(23)12-4-5-13(19)15(8-12)22(25)26/h3-8,10H,9H2,1-2H3,(H,21,23)/t10-/m0/s1. The van der Waals surface area contributed by atoms with Gasteiger partial charge in [0.1, 0.15) is 17.7 Å². The molecule has 0 saturated heterocycles. The van der Waals surface area contributed by atoms with Crippen LogP contribution in [0.1, 0.15) is 22.8 Å². The van der Waals surface area contributed by atoms with Gasteiger partial charge in [0.15, 0.2) is 11.6 Å². The van der Waals surface area contributed by atoms with Crippen LogP contribution >= 0.6 is 11.6 Å². The zero-order chi connectivity index (χ0) is 20.8. The Morgan fingerprint density at radius 3 is 2.61 bits per heavy atom. The van der Waals surface area contributed by atoms with Crippen molar-refractivity contribution < 1.29 is 28.4 Å². The highest BCUT2D eigenvalue weighted by Gasteiger charge is 2.21. The number of nitrogens with one attached hydrogen (secondary N) is 1. The van der Waals surface area contributed by atoms with Gasteiger partial charge in [0.05, 0.1) is 12.0 Å². The average molecular weight is 411 g/mol. The van der Waals surface area contributed by atoms with E-state index in [1.165, 1.54) is 44.4 Å². The molecule has 2 aromatic rings. The number of nitrogens with zero attached hydrogens (tertiary/aromatic N) is 1. The second-order valence-electron chi connectivity index (χ2n) is 5.70. The summed E-state index contributed by atoms with van der Waals surface area (Å²) in [7, 11) is 1.33. The SMILES string of the molecule is COc1ccc(COC(=O)[C@H](C)NC(=O)c2ccc(Cl)c([N+](=O)[O-])c2)cc1F. The van der Waals surface area contributed by atoms with Gasteiger partial charge in [0.2, 0.25) is 0 Å². The maximum atomic E-state index is 13.6. The molecule has 0 aliphatic rings. The minimum absolute atomic E-state index is 0.0343. The van der Waals surface area contributed by atoms with E-state index in [-0.39, 0.29) is 22.9 Å². The van der Waals surface area contributed by atoms with Gasteiger partial charge in [-0.15, -0.1) is 0 Å². The van der Waals surface area contributed by atoms with Crippen LogP contribution in [0.2, 0.25) is 5.02 Å². The Bertz CT molecular complexity index is 921. The van der Waals surface area contributed by atoms with Crippen molar-refractivity contribution in [3.63, 3.8) is 0 Å². The van der Waals surface area contributed by atoms with Crippen LogP contribution in [0.25, 0.3) is 0 Å². The van der Waals surface area contributed by atoms with Crippen molar-refractivity contribution in [1.29, 1.82) is 0 Å². The largest absolute Gasteiger partial charge is 0.494 e. The highest BCUT2D eigenvalue weighted by atomic mass is 35.5. The lowest BCUT2D eigenvalue weighted by atomic mass is 10.1. The van der Waals surface area contributed by atoms with E-state index >= 15 is 0 Å². The minimum Gasteiger partial charge on any atom is -0.494 e. The Morgan fingerprint density at radius 2 is 2.00 bits per heavy atom.